The first-order valence-corrected chi connectivity index (χ1v) is 10.2. The van der Waals surface area contributed by atoms with Gasteiger partial charge in [-0.05, 0) is 37.1 Å². The molecule has 1 aromatic carbocycles. The van der Waals surface area contributed by atoms with Gasteiger partial charge in [0.15, 0.2) is 5.82 Å². The van der Waals surface area contributed by atoms with Crippen LogP contribution < -0.4 is 36.4 Å². The van der Waals surface area contributed by atoms with Crippen molar-refractivity contribution in [2.45, 2.75) is 24.9 Å². The number of anilines is 4. The topological polar surface area (TPSA) is 200 Å². The molecule has 3 heterocycles. The third-order valence-corrected chi connectivity index (χ3v) is 5.59. The van der Waals surface area contributed by atoms with E-state index in [1.165, 1.54) is 0 Å². The van der Waals surface area contributed by atoms with Crippen LogP contribution in [0.1, 0.15) is 23.2 Å². The summed E-state index contributed by atoms with van der Waals surface area (Å²) in [6.07, 6.45) is -0.761. The summed E-state index contributed by atoms with van der Waals surface area (Å²) in [6, 6.07) is 5.21. The summed E-state index contributed by atoms with van der Waals surface area (Å²) in [5.74, 6) is -3.47. The van der Waals surface area contributed by atoms with Gasteiger partial charge >= 0.3 is 29.0 Å². The monoisotopic (exact) mass is 479 g/mol. The van der Waals surface area contributed by atoms with E-state index in [1.807, 2.05) is 9.80 Å². The summed E-state index contributed by atoms with van der Waals surface area (Å²) < 4.78 is 0. The van der Waals surface area contributed by atoms with Gasteiger partial charge in [0, 0.05) is 36.2 Å². The van der Waals surface area contributed by atoms with Crippen LogP contribution in [0.3, 0.4) is 0 Å². The van der Waals surface area contributed by atoms with Crippen molar-refractivity contribution in [2.75, 3.05) is 40.6 Å². The Morgan fingerprint density at radius 3 is 2.62 bits per heavy atom. The molecule has 4 rings (SSSR count). The maximum Gasteiger partial charge on any atom is 2.00 e. The molecule has 2 aliphatic heterocycles. The Morgan fingerprint density at radius 2 is 1.97 bits per heavy atom. The van der Waals surface area contributed by atoms with Crippen molar-refractivity contribution in [1.82, 2.24) is 15.3 Å². The van der Waals surface area contributed by atoms with Gasteiger partial charge in [0.2, 0.25) is 5.95 Å². The maximum atomic E-state index is 12.4. The van der Waals surface area contributed by atoms with Crippen molar-refractivity contribution in [3.8, 4) is 5.88 Å². The van der Waals surface area contributed by atoms with Gasteiger partial charge in [0.1, 0.15) is 6.04 Å². The molecule has 5 N–H and O–H groups in total. The quantitative estimate of drug-likeness (QED) is 0.306. The SMILES string of the molecule is Nc1nc([O-])c2c(n1)NC[C@@H]1CN(c3ccc(C(=O)N[C@@H](CCC(=O)[O-])C(=O)O)cc3)CN21.[Mg+2]. The predicted molar refractivity (Wildman–Crippen MR) is 118 cm³/mol. The van der Waals surface area contributed by atoms with Crippen molar-refractivity contribution in [2.24, 2.45) is 0 Å². The molecule has 34 heavy (non-hydrogen) atoms. The van der Waals surface area contributed by atoms with Crippen molar-refractivity contribution >= 4 is 64.0 Å². The summed E-state index contributed by atoms with van der Waals surface area (Å²) in [7, 11) is 0. The van der Waals surface area contributed by atoms with E-state index in [2.05, 4.69) is 20.6 Å². The Morgan fingerprint density at radius 1 is 1.26 bits per heavy atom. The summed E-state index contributed by atoms with van der Waals surface area (Å²) in [6.45, 7) is 1.60. The molecule has 2 aromatic rings. The van der Waals surface area contributed by atoms with Gasteiger partial charge in [-0.2, -0.15) is 4.98 Å². The number of benzene rings is 1. The van der Waals surface area contributed by atoms with Crippen LogP contribution in [0.25, 0.3) is 0 Å². The molecular weight excluding hydrogens is 459 g/mol. The number of aromatic nitrogens is 2. The van der Waals surface area contributed by atoms with E-state index in [-0.39, 0.29) is 47.0 Å². The van der Waals surface area contributed by atoms with Crippen LogP contribution in [0.15, 0.2) is 24.3 Å². The van der Waals surface area contributed by atoms with Gasteiger partial charge < -0.3 is 46.3 Å². The average molecular weight is 480 g/mol. The van der Waals surface area contributed by atoms with Gasteiger partial charge in [-0.25, -0.2) is 9.78 Å². The Hall–Kier alpha value is -3.52. The largest absolute Gasteiger partial charge is 2.00 e. The van der Waals surface area contributed by atoms with E-state index in [0.717, 1.165) is 5.69 Å². The minimum atomic E-state index is -1.39. The Labute approximate surface area is 210 Å². The molecule has 1 aromatic heterocycles. The molecular formula is C20H21MgN7O6. The van der Waals surface area contributed by atoms with Crippen LogP contribution in [-0.2, 0) is 9.59 Å². The Kier molecular flexibility index (Phi) is 7.51. The number of rotatable bonds is 7. The number of carboxylic acid groups (broad SMARTS) is 2. The van der Waals surface area contributed by atoms with Crippen LogP contribution in [0.5, 0.6) is 5.88 Å². The number of hydrogen-bond donors (Lipinski definition) is 4. The summed E-state index contributed by atoms with van der Waals surface area (Å²) in [4.78, 5) is 46.0. The number of nitrogens with one attached hydrogen (secondary N) is 2. The van der Waals surface area contributed by atoms with Crippen molar-refractivity contribution in [3.05, 3.63) is 29.8 Å². The molecule has 0 spiro atoms. The van der Waals surface area contributed by atoms with Gasteiger partial charge in [-0.1, -0.05) is 0 Å². The second-order valence-electron chi connectivity index (χ2n) is 7.77. The van der Waals surface area contributed by atoms with Crippen LogP contribution in [-0.4, -0.2) is 87.8 Å². The van der Waals surface area contributed by atoms with Crippen molar-refractivity contribution in [1.29, 1.82) is 0 Å². The van der Waals surface area contributed by atoms with E-state index in [0.29, 0.717) is 31.3 Å². The number of fused-ring (bicyclic) bond motifs is 3. The molecule has 1 saturated heterocycles. The standard InChI is InChI=1S/C20H23N7O6.Mg/c21-20-24-16-15(18(31)25-20)27-9-26(8-12(27)7-22-16)11-3-1-10(2-4-11)17(30)23-13(19(32)33)5-6-14(28)29;/h1-4,12-13H,5-9H2,(H,23,30)(H,28,29)(H,32,33)(H4,21,22,24,25,31);/q;+2/p-2/t12-,13+;/m1./s1. The van der Waals surface area contributed by atoms with Gasteiger partial charge in [0.05, 0.1) is 18.4 Å². The molecule has 0 radical (unpaired) electrons. The third kappa shape index (κ3) is 5.17. The first-order chi connectivity index (χ1) is 15.7. The fourth-order valence-electron chi connectivity index (χ4n) is 3.96. The van der Waals surface area contributed by atoms with Gasteiger partial charge in [0.25, 0.3) is 5.91 Å². The van der Waals surface area contributed by atoms with Crippen LogP contribution in [0.4, 0.5) is 23.1 Å². The fourth-order valence-corrected chi connectivity index (χ4v) is 3.96. The molecule has 174 valence electrons. The Bertz CT molecular complexity index is 1100. The zero-order chi connectivity index (χ0) is 23.7. The van der Waals surface area contributed by atoms with E-state index >= 15 is 0 Å². The Balaban J connectivity index is 0.00000324. The molecule has 0 saturated carbocycles. The molecule has 14 heteroatoms. The van der Waals surface area contributed by atoms with E-state index in [1.54, 1.807) is 24.3 Å². The normalized spacial score (nSPS) is 17.0. The molecule has 1 amide bonds. The van der Waals surface area contributed by atoms with E-state index in [4.69, 9.17) is 5.73 Å². The maximum absolute atomic E-state index is 12.4. The second-order valence-corrected chi connectivity index (χ2v) is 7.77. The number of carbonyl (C=O) groups excluding carboxylic acids is 2. The van der Waals surface area contributed by atoms with Crippen molar-refractivity contribution in [3.63, 3.8) is 0 Å². The van der Waals surface area contributed by atoms with Crippen molar-refractivity contribution < 1.29 is 29.7 Å². The fraction of sp³-hybridized carbons (Fsp3) is 0.350. The summed E-state index contributed by atoms with van der Waals surface area (Å²) >= 11 is 0. The zero-order valence-corrected chi connectivity index (χ0v) is 19.5. The minimum Gasteiger partial charge on any atom is -0.857 e. The minimum absolute atomic E-state index is 0. The third-order valence-electron chi connectivity index (χ3n) is 5.59. The number of hydrogen-bond acceptors (Lipinski definition) is 11. The second kappa shape index (κ2) is 10.2. The van der Waals surface area contributed by atoms with E-state index < -0.39 is 36.2 Å². The number of nitrogen functional groups attached to an aromatic ring is 1. The molecule has 0 aliphatic carbocycles. The smallest absolute Gasteiger partial charge is 0.857 e. The number of amides is 1. The number of carboxylic acids is 2. The average Bonchev–Trinajstić information content (AvgIpc) is 3.20. The van der Waals surface area contributed by atoms with Crippen LogP contribution >= 0.6 is 0 Å². The number of nitrogens with two attached hydrogens (primary N) is 1. The van der Waals surface area contributed by atoms with Gasteiger partial charge in [-0.15, -0.1) is 0 Å². The summed E-state index contributed by atoms with van der Waals surface area (Å²) in [5.41, 5.74) is 6.97. The van der Waals surface area contributed by atoms with Crippen LogP contribution in [0, 0.1) is 0 Å². The first kappa shape index (κ1) is 25.1. The van der Waals surface area contributed by atoms with E-state index in [9.17, 15) is 29.7 Å². The molecule has 2 atom stereocenters. The van der Waals surface area contributed by atoms with Crippen LogP contribution in [0.2, 0.25) is 0 Å². The zero-order valence-electron chi connectivity index (χ0n) is 18.1. The number of carbonyl (C=O) groups is 3. The number of nitrogens with zero attached hydrogens (tertiary/aromatic N) is 4. The molecule has 1 fully saturated rings. The van der Waals surface area contributed by atoms with Gasteiger partial charge in [-0.3, -0.25) is 4.79 Å². The molecule has 2 aliphatic rings. The predicted octanol–water partition coefficient (Wildman–Crippen LogP) is -2.46. The molecule has 0 unspecified atom stereocenters. The molecule has 13 nitrogen and oxygen atoms in total. The molecule has 0 bridgehead atoms. The first-order valence-electron chi connectivity index (χ1n) is 10.2. The number of aliphatic carboxylic acids is 2. The summed E-state index contributed by atoms with van der Waals surface area (Å²) in [5, 5.41) is 37.6.